The summed E-state index contributed by atoms with van der Waals surface area (Å²) < 4.78 is 10.4. The van der Waals surface area contributed by atoms with Crippen LogP contribution in [0.1, 0.15) is 164 Å². The first-order valence-electron chi connectivity index (χ1n) is 32.5. The van der Waals surface area contributed by atoms with E-state index in [-0.39, 0.29) is 69.8 Å². The number of hydrogen-bond donors (Lipinski definition) is 6. The highest BCUT2D eigenvalue weighted by Gasteiger charge is 2.47. The second kappa shape index (κ2) is 32.2. The van der Waals surface area contributed by atoms with Gasteiger partial charge in [-0.25, -0.2) is 0 Å². The van der Waals surface area contributed by atoms with Crippen LogP contribution in [0.5, 0.6) is 11.5 Å². The summed E-state index contributed by atoms with van der Waals surface area (Å²) in [7, 11) is 3.32. The largest absolute Gasteiger partial charge is 0.497 e. The zero-order valence-electron chi connectivity index (χ0n) is 55.1. The number of nitrogens with one attached hydrogen (secondary N) is 2. The molecule has 0 aromatic heterocycles. The third-order valence-electron chi connectivity index (χ3n) is 19.0. The molecule has 8 unspecified atom stereocenters. The van der Waals surface area contributed by atoms with Crippen molar-refractivity contribution in [2.45, 2.75) is 166 Å². The van der Waals surface area contributed by atoms with Crippen molar-refractivity contribution >= 4 is 17.7 Å². The summed E-state index contributed by atoms with van der Waals surface area (Å²) in [5, 5.41) is 6.63. The van der Waals surface area contributed by atoms with Gasteiger partial charge in [0.1, 0.15) is 11.5 Å². The molecule has 10 rings (SSSR count). The monoisotopic (exact) mass is 1210 g/mol. The van der Waals surface area contributed by atoms with E-state index in [0.717, 1.165) is 80.2 Å². The average Bonchev–Trinajstić information content (AvgIpc) is 1.71. The van der Waals surface area contributed by atoms with E-state index < -0.39 is 0 Å². The minimum atomic E-state index is -0.155. The zero-order chi connectivity index (χ0) is 64.4. The van der Waals surface area contributed by atoms with Crippen LogP contribution in [-0.2, 0) is 27.5 Å². The fourth-order valence-corrected chi connectivity index (χ4v) is 14.1. The van der Waals surface area contributed by atoms with Gasteiger partial charge in [0.2, 0.25) is 17.7 Å². The molecule has 4 fully saturated rings. The minimum absolute atomic E-state index is 0.0204. The predicted octanol–water partition coefficient (Wildman–Crippen LogP) is 12.5. The zero-order valence-corrected chi connectivity index (χ0v) is 55.1. The smallest absolute Gasteiger partial charge is 0.226 e. The highest BCUT2D eigenvalue weighted by Crippen LogP contribution is 2.42. The lowest BCUT2D eigenvalue weighted by Crippen LogP contribution is -2.40. The van der Waals surface area contributed by atoms with Crippen LogP contribution in [0.2, 0.25) is 0 Å². The number of carbonyl (C=O) groups is 3. The molecule has 6 aromatic carbocycles. The van der Waals surface area contributed by atoms with Gasteiger partial charge in [0.05, 0.1) is 14.2 Å². The molecule has 0 spiro atoms. The molecule has 0 saturated carbocycles. The maximum Gasteiger partial charge on any atom is 0.226 e. The molecule has 480 valence electrons. The normalized spacial score (nSPS) is 21.6. The SMILES string of the molecule is CC1(C)CC(CC(CN)c2ccccc2)C(=O)N1.CC1(C)CC(CC(CN)c2ccccc2)CN1.COc1ccc(CN2C(=O)C(CC(CN)c3ccccc3)CC2(C)C)cc1.COc1ccc(CN2C(=O)C(CC(CN)c3ccccc3)CC2(C)C)cc1. The number of likely N-dealkylation sites (tertiary alicyclic amines) is 2. The lowest BCUT2D eigenvalue weighted by molar-refractivity contribution is -0.135. The van der Waals surface area contributed by atoms with Gasteiger partial charge in [-0.05, 0) is 227 Å². The van der Waals surface area contributed by atoms with Gasteiger partial charge in [-0.3, -0.25) is 14.4 Å². The molecule has 4 saturated heterocycles. The van der Waals surface area contributed by atoms with Crippen LogP contribution in [0.15, 0.2) is 170 Å². The van der Waals surface area contributed by atoms with E-state index in [1.165, 1.54) is 35.1 Å². The van der Waals surface area contributed by atoms with Gasteiger partial charge in [0.15, 0.2) is 0 Å². The first-order chi connectivity index (χ1) is 42.5. The number of carbonyl (C=O) groups excluding carboxylic acids is 3. The van der Waals surface area contributed by atoms with Crippen molar-refractivity contribution in [3.8, 4) is 11.5 Å². The summed E-state index contributed by atoms with van der Waals surface area (Å²) >= 11 is 0. The summed E-state index contributed by atoms with van der Waals surface area (Å²) in [5.41, 5.74) is 31.1. The standard InChI is InChI=1S/2C23H30N2O2.C15H22N2O.C15H24N2/c2*1-23(2)14-19(13-20(15-24)18-7-5-4-6-8-18)22(26)25(23)16-17-9-11-21(27-3)12-10-17;1-15(2)9-12(14(18)17-15)8-13(10-16)11-6-4-3-5-7-11;1-15(2)9-12(11-17-15)8-14(10-16)13-6-4-3-5-7-13/h2*4-12,19-20H,13-16,24H2,1-3H3;3-7,12-13H,8-10,16H2,1-2H3,(H,17,18);3-7,12,14,17H,8-11,16H2,1-2H3. The molecule has 3 amide bonds. The van der Waals surface area contributed by atoms with Crippen molar-refractivity contribution in [3.05, 3.63) is 203 Å². The number of benzene rings is 6. The van der Waals surface area contributed by atoms with Crippen molar-refractivity contribution in [3.63, 3.8) is 0 Å². The van der Waals surface area contributed by atoms with Gasteiger partial charge < -0.3 is 52.8 Å². The van der Waals surface area contributed by atoms with Crippen LogP contribution < -0.4 is 43.0 Å². The third kappa shape index (κ3) is 19.8. The lowest BCUT2D eigenvalue weighted by atomic mass is 9.85. The molecule has 8 atom stereocenters. The third-order valence-corrected chi connectivity index (χ3v) is 19.0. The number of nitrogens with two attached hydrogens (primary N) is 4. The molecule has 89 heavy (non-hydrogen) atoms. The molecule has 4 heterocycles. The number of ether oxygens (including phenoxy) is 2. The Morgan fingerprint density at radius 2 is 0.753 bits per heavy atom. The van der Waals surface area contributed by atoms with Crippen LogP contribution in [0.4, 0.5) is 0 Å². The van der Waals surface area contributed by atoms with E-state index in [0.29, 0.717) is 44.2 Å². The van der Waals surface area contributed by atoms with Gasteiger partial charge in [0.25, 0.3) is 0 Å². The summed E-state index contributed by atoms with van der Waals surface area (Å²) in [6.45, 7) is 22.2. The topological polar surface area (TPSA) is 204 Å². The molecule has 0 radical (unpaired) electrons. The number of amides is 3. The number of hydrogen-bond acceptors (Lipinski definition) is 10. The van der Waals surface area contributed by atoms with Gasteiger partial charge in [-0.2, -0.15) is 0 Å². The maximum atomic E-state index is 13.2. The van der Waals surface area contributed by atoms with E-state index in [4.69, 9.17) is 32.4 Å². The van der Waals surface area contributed by atoms with Crippen molar-refractivity contribution in [2.75, 3.05) is 46.9 Å². The molecule has 13 nitrogen and oxygen atoms in total. The molecule has 6 aromatic rings. The van der Waals surface area contributed by atoms with Crippen molar-refractivity contribution < 1.29 is 23.9 Å². The van der Waals surface area contributed by atoms with E-state index in [9.17, 15) is 14.4 Å². The number of methoxy groups -OCH3 is 2. The first kappa shape index (κ1) is 69.6. The van der Waals surface area contributed by atoms with Crippen molar-refractivity contribution in [1.29, 1.82) is 0 Å². The summed E-state index contributed by atoms with van der Waals surface area (Å²) in [4.78, 5) is 42.4. The number of rotatable bonds is 22. The van der Waals surface area contributed by atoms with Crippen LogP contribution in [-0.4, -0.2) is 96.6 Å². The van der Waals surface area contributed by atoms with Crippen LogP contribution in [0, 0.1) is 23.7 Å². The Morgan fingerprint density at radius 1 is 0.427 bits per heavy atom. The Bertz CT molecular complexity index is 2950. The average molecular weight is 1210 g/mol. The molecule has 10 N–H and O–H groups in total. The summed E-state index contributed by atoms with van der Waals surface area (Å²) in [6, 6.07) is 57.4. The number of nitrogens with zero attached hydrogens (tertiary/aromatic N) is 2. The van der Waals surface area contributed by atoms with Crippen LogP contribution in [0.25, 0.3) is 0 Å². The Balaban J connectivity index is 0.000000173. The second-order valence-corrected chi connectivity index (χ2v) is 27.9. The molecule has 0 bridgehead atoms. The first-order valence-corrected chi connectivity index (χ1v) is 32.5. The minimum Gasteiger partial charge on any atom is -0.497 e. The summed E-state index contributed by atoms with van der Waals surface area (Å²) in [6.07, 6.45) is 7.55. The Labute approximate surface area is 533 Å². The molecule has 13 heteroatoms. The maximum absolute atomic E-state index is 13.2. The van der Waals surface area contributed by atoms with Crippen LogP contribution >= 0.6 is 0 Å². The van der Waals surface area contributed by atoms with E-state index in [2.05, 4.69) is 133 Å². The van der Waals surface area contributed by atoms with Gasteiger partial charge >= 0.3 is 0 Å². The lowest BCUT2D eigenvalue weighted by Gasteiger charge is -2.31. The molecule has 0 aliphatic carbocycles. The van der Waals surface area contributed by atoms with E-state index in [1.54, 1.807) is 14.2 Å². The fraction of sp³-hybridized carbons (Fsp3) is 0.487. The molecular weight excluding hydrogens is 1100 g/mol. The van der Waals surface area contributed by atoms with Gasteiger partial charge in [-0.15, -0.1) is 0 Å². The van der Waals surface area contributed by atoms with Crippen molar-refractivity contribution in [2.24, 2.45) is 46.6 Å². The molecular formula is C76H106N8O5. The quantitative estimate of drug-likeness (QED) is 0.0379. The highest BCUT2D eigenvalue weighted by atomic mass is 16.5. The Kier molecular flexibility index (Phi) is 25.2. The van der Waals surface area contributed by atoms with E-state index >= 15 is 0 Å². The second-order valence-electron chi connectivity index (χ2n) is 27.9. The molecule has 4 aliphatic rings. The Morgan fingerprint density at radius 3 is 1.03 bits per heavy atom. The summed E-state index contributed by atoms with van der Waals surface area (Å²) in [5.74, 6) is 4.44. The van der Waals surface area contributed by atoms with Gasteiger partial charge in [0, 0.05) is 53.0 Å². The van der Waals surface area contributed by atoms with E-state index in [1.807, 2.05) is 113 Å². The predicted molar refractivity (Wildman–Crippen MR) is 363 cm³/mol. The highest BCUT2D eigenvalue weighted by molar-refractivity contribution is 5.83. The fourth-order valence-electron chi connectivity index (χ4n) is 14.1. The van der Waals surface area contributed by atoms with Crippen molar-refractivity contribution in [1.82, 2.24) is 20.4 Å². The Hall–Kier alpha value is -6.87. The van der Waals surface area contributed by atoms with Crippen LogP contribution in [0.3, 0.4) is 0 Å². The van der Waals surface area contributed by atoms with Gasteiger partial charge in [-0.1, -0.05) is 146 Å². The molecule has 4 aliphatic heterocycles.